The van der Waals surface area contributed by atoms with E-state index in [4.69, 9.17) is 53.5 Å². The first-order valence-corrected chi connectivity index (χ1v) is 34.6. The Labute approximate surface area is 594 Å². The van der Waals surface area contributed by atoms with Gasteiger partial charge in [-0.1, -0.05) is 6.92 Å². The van der Waals surface area contributed by atoms with Crippen molar-refractivity contribution >= 4 is 74.1 Å². The number of hydrogen-bond acceptors (Lipinski definition) is 22. The summed E-state index contributed by atoms with van der Waals surface area (Å²) in [6, 6.07) is 13.4. The maximum atomic E-state index is 11.6. The predicted octanol–water partition coefficient (Wildman–Crippen LogP) is 11.2. The molecule has 4 saturated heterocycles. The van der Waals surface area contributed by atoms with Gasteiger partial charge >= 0.3 is 0 Å². The van der Waals surface area contributed by atoms with E-state index in [0.717, 1.165) is 100 Å². The molecular weight excluding hydrogens is 1310 g/mol. The number of aliphatic carboxylic acids is 1. The van der Waals surface area contributed by atoms with Crippen LogP contribution in [0.1, 0.15) is 123 Å². The molecule has 4 aromatic carbocycles. The molecule has 4 aliphatic heterocycles. The lowest BCUT2D eigenvalue weighted by atomic mass is 10.1. The van der Waals surface area contributed by atoms with Crippen molar-refractivity contribution < 1.29 is 72.0 Å². The number of halogens is 1. The molecular formula is C71H108ClN11O17. The number of fused-ring (bicyclic) bond motifs is 1. The van der Waals surface area contributed by atoms with Crippen LogP contribution in [0.4, 0.5) is 28.4 Å². The number of carbonyl (C=O) groups is 4. The predicted molar refractivity (Wildman–Crippen MR) is 389 cm³/mol. The summed E-state index contributed by atoms with van der Waals surface area (Å²) in [5.74, 6) is 4.23. The Morgan fingerprint density at radius 2 is 0.840 bits per heavy atom. The van der Waals surface area contributed by atoms with Gasteiger partial charge in [0.15, 0.2) is 46.0 Å². The summed E-state index contributed by atoms with van der Waals surface area (Å²) >= 11 is 4.64. The highest BCUT2D eigenvalue weighted by Crippen LogP contribution is 2.41. The molecule has 1 aromatic heterocycles. The molecule has 28 nitrogen and oxygen atoms in total. The second-order valence-electron chi connectivity index (χ2n) is 24.4. The lowest BCUT2D eigenvalue weighted by molar-refractivity contribution is -0.385. The van der Waals surface area contributed by atoms with Crippen molar-refractivity contribution in [2.24, 2.45) is 7.05 Å². The van der Waals surface area contributed by atoms with Crippen molar-refractivity contribution in [2.45, 2.75) is 125 Å². The molecule has 2 amide bonds. The number of nitro benzene ring substituents is 2. The standard InChI is InChI=1S/C17H25N3O5.C17H27N3O3.C17H25N3O2.C16H24N2O4.C2H3ClO.C2H4O2/c1-13(21)18(2)14-11-16(24-3)17(12-15(14)20(22)23)25-10-6-9-19-7-4-5-8-19;1-13(21)19(2)15-12-16(22-3)17(11-14(15)18)23-10-6-9-20-7-4-5-8-20;1-13-18-14-11-17(16(21-3)12-15(14)19(13)2)22-10-6-9-20-7-4-5-8-20;1-3-13-11-15(21-2)16(12-14(13)18(19)20)22-10-6-9-17-7-4-5-8-17;2*1-2(3)4/h11-12H,4-10H2,1-3H3;11-12H,4-10,18H2,1-3H3;11-12H,4-10H2,1-3H3;11-12H,3-10H2,1-2H3;1H3;1H3,(H,3,4). The van der Waals surface area contributed by atoms with E-state index in [-0.39, 0.29) is 39.0 Å². The summed E-state index contributed by atoms with van der Waals surface area (Å²) in [6.07, 6.45) is 14.7. The normalized spacial score (nSPS) is 14.2. The summed E-state index contributed by atoms with van der Waals surface area (Å²) in [5.41, 5.74) is 9.94. The monoisotopic (exact) mass is 1420 g/mol. The van der Waals surface area contributed by atoms with Crippen LogP contribution in [0.3, 0.4) is 0 Å². The topological polar surface area (TPSA) is 312 Å². The molecule has 0 saturated carbocycles. The van der Waals surface area contributed by atoms with Crippen molar-refractivity contribution in [3.05, 3.63) is 80.1 Å². The number of nitro groups is 2. The smallest absolute Gasteiger partial charge is 0.300 e. The Morgan fingerprint density at radius 1 is 0.530 bits per heavy atom. The molecule has 4 fully saturated rings. The highest BCUT2D eigenvalue weighted by atomic mass is 35.5. The number of methoxy groups -OCH3 is 4. The minimum absolute atomic E-state index is 0.0852. The van der Waals surface area contributed by atoms with Crippen LogP contribution in [-0.2, 0) is 32.6 Å². The highest BCUT2D eigenvalue weighted by molar-refractivity contribution is 6.62. The van der Waals surface area contributed by atoms with Crippen molar-refractivity contribution in [2.75, 3.05) is 163 Å². The summed E-state index contributed by atoms with van der Waals surface area (Å²) in [6.45, 7) is 25.0. The van der Waals surface area contributed by atoms with Crippen molar-refractivity contribution in [1.82, 2.24) is 29.2 Å². The molecule has 5 heterocycles. The van der Waals surface area contributed by atoms with E-state index >= 15 is 0 Å². The minimum atomic E-state index is -0.833. The number of nitrogens with zero attached hydrogens (tertiary/aromatic N) is 10. The molecule has 5 aromatic rings. The van der Waals surface area contributed by atoms with Gasteiger partial charge in [-0.2, -0.15) is 0 Å². The average Bonchev–Trinajstić information content (AvgIpc) is 1.64. The van der Waals surface area contributed by atoms with Gasteiger partial charge in [0, 0.05) is 111 Å². The Kier molecular flexibility index (Phi) is 37.5. The van der Waals surface area contributed by atoms with Gasteiger partial charge in [-0.05, 0) is 160 Å². The highest BCUT2D eigenvalue weighted by Gasteiger charge is 2.26. The maximum Gasteiger partial charge on any atom is 0.300 e. The first-order chi connectivity index (χ1) is 47.8. The van der Waals surface area contributed by atoms with E-state index in [1.807, 2.05) is 33.0 Å². The number of nitrogens with two attached hydrogens (primary N) is 1. The van der Waals surface area contributed by atoms with E-state index in [2.05, 4.69) is 40.8 Å². The van der Waals surface area contributed by atoms with Crippen LogP contribution >= 0.6 is 11.6 Å². The Bertz CT molecular complexity index is 3370. The number of carboxylic acids is 1. The summed E-state index contributed by atoms with van der Waals surface area (Å²) < 4.78 is 46.7. The molecule has 0 spiro atoms. The molecule has 0 radical (unpaired) electrons. The molecule has 0 bridgehead atoms. The Morgan fingerprint density at radius 3 is 1.18 bits per heavy atom. The molecule has 29 heteroatoms. The number of anilines is 3. The summed E-state index contributed by atoms with van der Waals surface area (Å²) in [7, 11) is 11.5. The second-order valence-corrected chi connectivity index (χ2v) is 24.9. The molecule has 556 valence electrons. The lowest BCUT2D eigenvalue weighted by Crippen LogP contribution is -2.24. The van der Waals surface area contributed by atoms with Crippen LogP contribution in [0.2, 0.25) is 0 Å². The van der Waals surface area contributed by atoms with Crippen LogP contribution in [-0.4, -0.2) is 215 Å². The van der Waals surface area contributed by atoms with Gasteiger partial charge in [0.2, 0.25) is 17.1 Å². The molecule has 0 unspecified atom stereocenters. The number of imidazole rings is 1. The Hall–Kier alpha value is -8.44. The lowest BCUT2D eigenvalue weighted by Gasteiger charge is -2.20. The van der Waals surface area contributed by atoms with E-state index in [9.17, 15) is 34.6 Å². The van der Waals surface area contributed by atoms with Gasteiger partial charge in [0.1, 0.15) is 11.5 Å². The van der Waals surface area contributed by atoms with Crippen LogP contribution in [0, 0.1) is 27.2 Å². The number of likely N-dealkylation sites (tertiary alicyclic amines) is 4. The van der Waals surface area contributed by atoms with Gasteiger partial charge < -0.3 is 82.7 Å². The van der Waals surface area contributed by atoms with Crippen LogP contribution < -0.4 is 53.4 Å². The second kappa shape index (κ2) is 44.6. The van der Waals surface area contributed by atoms with E-state index in [1.54, 1.807) is 46.6 Å². The van der Waals surface area contributed by atoms with Gasteiger partial charge in [-0.3, -0.25) is 39.4 Å². The number of aromatic nitrogens is 2. The molecule has 4 aliphatic rings. The van der Waals surface area contributed by atoms with E-state index in [0.29, 0.717) is 84.3 Å². The average molecular weight is 1420 g/mol. The van der Waals surface area contributed by atoms with Crippen LogP contribution in [0.25, 0.3) is 11.0 Å². The van der Waals surface area contributed by atoms with E-state index < -0.39 is 10.9 Å². The zero-order valence-electron chi connectivity index (χ0n) is 61.0. The largest absolute Gasteiger partial charge is 0.493 e. The number of amides is 2. The van der Waals surface area contributed by atoms with Crippen molar-refractivity contribution in [3.8, 4) is 46.0 Å². The third-order valence-electron chi connectivity index (χ3n) is 17.1. The number of ether oxygens (including phenoxy) is 8. The first-order valence-electron chi connectivity index (χ1n) is 34.2. The fourth-order valence-electron chi connectivity index (χ4n) is 11.5. The van der Waals surface area contributed by atoms with Gasteiger partial charge in [-0.25, -0.2) is 4.98 Å². The van der Waals surface area contributed by atoms with Gasteiger partial charge in [0.25, 0.3) is 17.3 Å². The Balaban J connectivity index is 0.000000273. The number of rotatable bonds is 29. The van der Waals surface area contributed by atoms with Crippen LogP contribution in [0.15, 0.2) is 48.5 Å². The zero-order valence-corrected chi connectivity index (χ0v) is 61.8. The maximum absolute atomic E-state index is 11.6. The van der Waals surface area contributed by atoms with Gasteiger partial charge in [0.05, 0.1) is 99.3 Å². The van der Waals surface area contributed by atoms with Crippen molar-refractivity contribution in [1.29, 1.82) is 0 Å². The number of nitrogen functional groups attached to an aromatic ring is 1. The number of carboxylic acid groups (broad SMARTS) is 1. The zero-order chi connectivity index (χ0) is 73.8. The number of hydrogen-bond donors (Lipinski definition) is 2. The third kappa shape index (κ3) is 28.3. The number of carbonyl (C=O) groups excluding carboxylic acids is 3. The number of benzene rings is 4. The van der Waals surface area contributed by atoms with Crippen molar-refractivity contribution in [3.63, 3.8) is 0 Å². The fourth-order valence-corrected chi connectivity index (χ4v) is 11.5. The molecule has 0 atom stereocenters. The molecule has 9 rings (SSSR count). The summed E-state index contributed by atoms with van der Waals surface area (Å²) in [5, 5.41) is 29.6. The SMILES string of the molecule is CC(=O)Cl.CC(=O)O.CCc1cc(OC)c(OCCCN2CCCC2)cc1[N+](=O)[O-].COc1cc(N(C)C(C)=O)c(N)cc1OCCCN1CCCC1.COc1cc(N(C)C(C)=O)c([N+](=O)[O-])cc1OCCCN1CCCC1.COc1cc2c(cc1OCCCN1CCCC1)nc(C)n2C. The number of aryl methyl sites for hydroxylation is 3. The quantitative estimate of drug-likeness (QED) is 0.0148. The molecule has 3 N–H and O–H groups in total. The van der Waals surface area contributed by atoms with Gasteiger partial charge in [-0.15, -0.1) is 0 Å². The van der Waals surface area contributed by atoms with Crippen LogP contribution in [0.5, 0.6) is 46.0 Å². The fraction of sp³-hybridized carbons (Fsp3) is 0.592. The third-order valence-corrected chi connectivity index (χ3v) is 17.1. The minimum Gasteiger partial charge on any atom is -0.493 e. The first kappa shape index (κ1) is 84.0. The summed E-state index contributed by atoms with van der Waals surface area (Å²) in [4.78, 5) is 79.9. The molecule has 0 aliphatic carbocycles. The molecule has 100 heavy (non-hydrogen) atoms. The van der Waals surface area contributed by atoms with E-state index in [1.165, 1.54) is 154 Å².